The van der Waals surface area contributed by atoms with Crippen molar-refractivity contribution in [2.24, 2.45) is 0 Å². The number of benzene rings is 1. The quantitative estimate of drug-likeness (QED) is 0.384. The molecular formula is C30H39FN2. The van der Waals surface area contributed by atoms with Crippen LogP contribution in [-0.4, -0.2) is 9.38 Å². The summed E-state index contributed by atoms with van der Waals surface area (Å²) in [5, 5.41) is 4.70. The third-order valence-electron chi connectivity index (χ3n) is 7.60. The fourth-order valence-electron chi connectivity index (χ4n) is 5.57. The number of aromatic nitrogens is 2. The summed E-state index contributed by atoms with van der Waals surface area (Å²) in [5.41, 5.74) is 2.87. The van der Waals surface area contributed by atoms with Gasteiger partial charge in [0, 0.05) is 27.8 Å². The topological polar surface area (TPSA) is 17.3 Å². The van der Waals surface area contributed by atoms with Crippen molar-refractivity contribution in [3.05, 3.63) is 57.9 Å². The average Bonchev–Trinajstić information content (AvgIpc) is 3.21. The molecule has 5 rings (SSSR count). The van der Waals surface area contributed by atoms with Crippen LogP contribution in [0.15, 0.2) is 30.4 Å². The first kappa shape index (κ1) is 23.7. The van der Waals surface area contributed by atoms with Crippen molar-refractivity contribution in [1.82, 2.24) is 9.38 Å². The second-order valence-electron chi connectivity index (χ2n) is 9.81. The number of pyridine rings is 1. The molecule has 3 heteroatoms. The van der Waals surface area contributed by atoms with Gasteiger partial charge in [-0.05, 0) is 65.2 Å². The smallest absolute Gasteiger partial charge is 0.146 e. The van der Waals surface area contributed by atoms with E-state index >= 15 is 4.39 Å². The SMILES string of the molecule is C/C=C\C.CCC(C)(F)c1cccc2c3c(n4c(C5CCCCC5)c(C)nc4c12)=CCCC=3. The predicted octanol–water partition coefficient (Wildman–Crippen LogP) is 7.38. The molecule has 2 nitrogen and oxygen atoms in total. The molecule has 1 fully saturated rings. The number of halogens is 1. The van der Waals surface area contributed by atoms with Crippen LogP contribution in [0.3, 0.4) is 0 Å². The number of hydrogen-bond donors (Lipinski definition) is 0. The van der Waals surface area contributed by atoms with E-state index in [1.807, 2.05) is 45.1 Å². The Morgan fingerprint density at radius 3 is 2.45 bits per heavy atom. The van der Waals surface area contributed by atoms with Gasteiger partial charge in [-0.25, -0.2) is 9.37 Å². The van der Waals surface area contributed by atoms with Gasteiger partial charge in [0.25, 0.3) is 0 Å². The molecule has 2 aliphatic carbocycles. The first-order valence-corrected chi connectivity index (χ1v) is 12.8. The second-order valence-corrected chi connectivity index (χ2v) is 9.81. The molecule has 176 valence electrons. The number of allylic oxidation sites excluding steroid dienone is 2. The maximum Gasteiger partial charge on any atom is 0.146 e. The number of fused-ring (bicyclic) bond motifs is 6. The van der Waals surface area contributed by atoms with E-state index in [9.17, 15) is 0 Å². The highest BCUT2D eigenvalue weighted by molar-refractivity contribution is 5.98. The molecule has 0 radical (unpaired) electrons. The maximum atomic E-state index is 15.6. The van der Waals surface area contributed by atoms with Crippen molar-refractivity contribution < 1.29 is 4.39 Å². The van der Waals surface area contributed by atoms with E-state index in [-0.39, 0.29) is 0 Å². The Balaban J connectivity index is 0.000000601. The average molecular weight is 447 g/mol. The first-order valence-electron chi connectivity index (χ1n) is 12.8. The summed E-state index contributed by atoms with van der Waals surface area (Å²) in [6.45, 7) is 9.79. The maximum absolute atomic E-state index is 15.6. The van der Waals surface area contributed by atoms with Crippen LogP contribution < -0.4 is 10.6 Å². The number of imidazole rings is 1. The molecule has 33 heavy (non-hydrogen) atoms. The van der Waals surface area contributed by atoms with Crippen LogP contribution in [0, 0.1) is 6.92 Å². The summed E-state index contributed by atoms with van der Waals surface area (Å²) in [4.78, 5) is 5.10. The molecule has 0 amide bonds. The van der Waals surface area contributed by atoms with Gasteiger partial charge < -0.3 is 0 Å². The van der Waals surface area contributed by atoms with Gasteiger partial charge in [-0.15, -0.1) is 0 Å². The molecule has 2 heterocycles. The second kappa shape index (κ2) is 9.83. The van der Waals surface area contributed by atoms with E-state index in [4.69, 9.17) is 4.98 Å². The van der Waals surface area contributed by atoms with Gasteiger partial charge in [-0.2, -0.15) is 0 Å². The van der Waals surface area contributed by atoms with Gasteiger partial charge in [0.1, 0.15) is 11.3 Å². The highest BCUT2D eigenvalue weighted by atomic mass is 19.1. The number of aryl methyl sites for hydroxylation is 1. The number of alkyl halides is 1. The Bertz CT molecular complexity index is 1280. The summed E-state index contributed by atoms with van der Waals surface area (Å²) in [6.07, 6.45) is 17.7. The van der Waals surface area contributed by atoms with Crippen LogP contribution in [0.1, 0.15) is 102 Å². The zero-order valence-corrected chi connectivity index (χ0v) is 21.0. The van der Waals surface area contributed by atoms with E-state index in [2.05, 4.69) is 29.5 Å². The minimum absolute atomic E-state index is 0.459. The lowest BCUT2D eigenvalue weighted by molar-refractivity contribution is 0.187. The van der Waals surface area contributed by atoms with Gasteiger partial charge in [0.15, 0.2) is 0 Å². The lowest BCUT2D eigenvalue weighted by Gasteiger charge is -2.24. The van der Waals surface area contributed by atoms with Crippen LogP contribution in [0.4, 0.5) is 4.39 Å². The Kier molecular flexibility index (Phi) is 7.07. The summed E-state index contributed by atoms with van der Waals surface area (Å²) in [5.74, 6) is 0.561. The first-order chi connectivity index (χ1) is 15.9. The molecular weight excluding hydrogens is 407 g/mol. The van der Waals surface area contributed by atoms with Crippen molar-refractivity contribution >= 4 is 28.6 Å². The largest absolute Gasteiger partial charge is 0.296 e. The molecule has 0 N–H and O–H groups in total. The molecule has 0 spiro atoms. The molecule has 1 unspecified atom stereocenters. The van der Waals surface area contributed by atoms with Gasteiger partial charge in [0.2, 0.25) is 0 Å². The Hall–Kier alpha value is -2.42. The summed E-state index contributed by atoms with van der Waals surface area (Å²) < 4.78 is 18.1. The molecule has 0 saturated heterocycles. The standard InChI is InChI=1S/C26H31FN2.C4H8/c1-4-26(3,27)21-15-10-14-20-19-13-8-9-16-22(19)29-24(18-11-6-5-7-12-18)17(2)28-25(29)23(20)21;1-3-4-2/h10,13-16,18H,4-9,11-12H2,1-3H3;3-4H,1-2H3/b;4-3-. The van der Waals surface area contributed by atoms with Gasteiger partial charge in [-0.1, -0.05) is 68.7 Å². The minimum atomic E-state index is -1.36. The highest BCUT2D eigenvalue weighted by Crippen LogP contribution is 2.38. The normalized spacial score (nSPS) is 18.4. The number of hydrogen-bond acceptors (Lipinski definition) is 1. The monoisotopic (exact) mass is 446 g/mol. The third kappa shape index (κ3) is 4.27. The van der Waals surface area contributed by atoms with Crippen LogP contribution in [-0.2, 0) is 5.67 Å². The molecule has 0 aliphatic heterocycles. The van der Waals surface area contributed by atoms with Crippen LogP contribution >= 0.6 is 0 Å². The summed E-state index contributed by atoms with van der Waals surface area (Å²) >= 11 is 0. The zero-order chi connectivity index (χ0) is 23.6. The number of nitrogens with zero attached hydrogens (tertiary/aromatic N) is 2. The van der Waals surface area contributed by atoms with Gasteiger partial charge >= 0.3 is 0 Å². The Morgan fingerprint density at radius 1 is 1.09 bits per heavy atom. The molecule has 0 bridgehead atoms. The highest BCUT2D eigenvalue weighted by Gasteiger charge is 2.29. The molecule has 2 aliphatic rings. The number of rotatable bonds is 3. The van der Waals surface area contributed by atoms with Crippen molar-refractivity contribution in [3.8, 4) is 0 Å². The zero-order valence-electron chi connectivity index (χ0n) is 21.0. The van der Waals surface area contributed by atoms with E-state index in [0.29, 0.717) is 12.3 Å². The molecule has 2 aromatic heterocycles. The lowest BCUT2D eigenvalue weighted by Crippen LogP contribution is -2.36. The molecule has 1 atom stereocenters. The van der Waals surface area contributed by atoms with Crippen molar-refractivity contribution in [1.29, 1.82) is 0 Å². The predicted molar refractivity (Wildman–Crippen MR) is 140 cm³/mol. The molecule has 1 aromatic carbocycles. The molecule has 3 aromatic rings. The Labute approximate surface area is 197 Å². The van der Waals surface area contributed by atoms with E-state index < -0.39 is 5.67 Å². The Morgan fingerprint density at radius 2 is 1.79 bits per heavy atom. The molecule has 1 saturated carbocycles. The third-order valence-corrected chi connectivity index (χ3v) is 7.60. The van der Waals surface area contributed by atoms with E-state index in [1.165, 1.54) is 48.4 Å². The van der Waals surface area contributed by atoms with Crippen molar-refractivity contribution in [2.45, 2.75) is 97.6 Å². The fourth-order valence-corrected chi connectivity index (χ4v) is 5.57. The summed E-state index contributed by atoms with van der Waals surface area (Å²) in [7, 11) is 0. The summed E-state index contributed by atoms with van der Waals surface area (Å²) in [6, 6.07) is 6.14. The lowest BCUT2D eigenvalue weighted by atomic mass is 9.86. The van der Waals surface area contributed by atoms with Crippen LogP contribution in [0.25, 0.3) is 28.6 Å². The van der Waals surface area contributed by atoms with E-state index in [0.717, 1.165) is 40.5 Å². The fraction of sp³-hybridized carbons (Fsp3) is 0.500. The van der Waals surface area contributed by atoms with Gasteiger partial charge in [0.05, 0.1) is 11.0 Å². The van der Waals surface area contributed by atoms with Crippen molar-refractivity contribution in [3.63, 3.8) is 0 Å². The van der Waals surface area contributed by atoms with Crippen LogP contribution in [0.5, 0.6) is 0 Å². The van der Waals surface area contributed by atoms with Crippen molar-refractivity contribution in [2.75, 3.05) is 0 Å². The van der Waals surface area contributed by atoms with E-state index in [1.54, 1.807) is 6.92 Å². The minimum Gasteiger partial charge on any atom is -0.296 e. The van der Waals surface area contributed by atoms with Gasteiger partial charge in [-0.3, -0.25) is 4.40 Å². The van der Waals surface area contributed by atoms with Crippen LogP contribution in [0.2, 0.25) is 0 Å².